The van der Waals surface area contributed by atoms with Crippen LogP contribution < -0.4 is 49.5 Å². The van der Waals surface area contributed by atoms with Crippen molar-refractivity contribution in [2.45, 2.75) is 94.4 Å². The molecule has 0 aromatic heterocycles. The van der Waals surface area contributed by atoms with Crippen molar-refractivity contribution in [3.63, 3.8) is 0 Å². The number of carbonyl (C=O) groups is 6. The van der Waals surface area contributed by atoms with Gasteiger partial charge in [-0.3, -0.25) is 24.0 Å². The lowest BCUT2D eigenvalue weighted by atomic mass is 10.0. The maximum atomic E-state index is 13.4. The fourth-order valence-electron chi connectivity index (χ4n) is 4.51. The van der Waals surface area contributed by atoms with Crippen LogP contribution in [0.4, 0.5) is 0 Å². The van der Waals surface area contributed by atoms with Crippen LogP contribution >= 0.6 is 0 Å². The number of carboxylic acid groups (broad SMARTS) is 1. The van der Waals surface area contributed by atoms with Gasteiger partial charge in [0.25, 0.3) is 0 Å². The zero-order valence-electron chi connectivity index (χ0n) is 27.3. The average molecular weight is 682 g/mol. The summed E-state index contributed by atoms with van der Waals surface area (Å²) in [5.41, 5.74) is 23.3. The molecule has 0 spiro atoms. The fraction of sp³-hybridized carbons (Fsp3) is 0.600. The number of carbonyl (C=O) groups excluding carboxylic acids is 5. The van der Waals surface area contributed by atoms with Crippen LogP contribution in [0.5, 0.6) is 0 Å². The van der Waals surface area contributed by atoms with Gasteiger partial charge in [-0.15, -0.1) is 0 Å². The standard InChI is InChI=1S/C30H51N9O9/c1-16(40)23(38-28(45)22(15-18-7-4-3-5-8-18)37-25(42)19(34)10-13-32)29(46)36-21(11-14-33)26(43)35-20(9-6-12-31)27(44)39-24(17(2)41)30(47)48/h3-5,7-8,16-17,19-24,40-41H,6,9-15,31-34H2,1-2H3,(H,35,43)(H,36,46)(H,37,42)(H,38,45)(H,39,44)(H,47,48)/t16-,17-,19+,20+,21+,22-,23+,24+/m1/s1. The number of nitrogens with two attached hydrogens (primary N) is 4. The molecule has 8 atom stereocenters. The van der Waals surface area contributed by atoms with E-state index in [1.165, 1.54) is 13.8 Å². The number of hydrogen-bond acceptors (Lipinski definition) is 12. The van der Waals surface area contributed by atoms with Crippen LogP contribution in [0.25, 0.3) is 0 Å². The lowest BCUT2D eigenvalue weighted by molar-refractivity contribution is -0.145. The van der Waals surface area contributed by atoms with Crippen LogP contribution in [0.15, 0.2) is 30.3 Å². The Hall–Kier alpha value is -4.20. The van der Waals surface area contributed by atoms with E-state index in [0.29, 0.717) is 5.56 Å². The van der Waals surface area contributed by atoms with E-state index in [1.54, 1.807) is 30.3 Å². The smallest absolute Gasteiger partial charge is 0.328 e. The van der Waals surface area contributed by atoms with Gasteiger partial charge >= 0.3 is 5.97 Å². The molecule has 0 aliphatic rings. The molecule has 0 heterocycles. The second-order valence-corrected chi connectivity index (χ2v) is 11.4. The Bertz CT molecular complexity index is 1200. The van der Waals surface area contributed by atoms with Gasteiger partial charge in [-0.05, 0) is 64.7 Å². The number of hydrogen-bond donors (Lipinski definition) is 12. The topological polar surface area (TPSA) is 327 Å². The Labute approximate surface area is 279 Å². The van der Waals surface area contributed by atoms with Gasteiger partial charge < -0.3 is 64.8 Å². The molecule has 0 fully saturated rings. The highest BCUT2D eigenvalue weighted by Crippen LogP contribution is 2.07. The summed E-state index contributed by atoms with van der Waals surface area (Å²) in [6.45, 7) is 2.59. The van der Waals surface area contributed by atoms with Crippen molar-refractivity contribution >= 4 is 35.5 Å². The predicted molar refractivity (Wildman–Crippen MR) is 174 cm³/mol. The van der Waals surface area contributed by atoms with Crippen LogP contribution in [0.2, 0.25) is 0 Å². The minimum absolute atomic E-state index is 0.000665. The molecule has 5 amide bonds. The number of rotatable bonds is 22. The number of aliphatic hydroxyl groups excluding tert-OH is 2. The first-order valence-electron chi connectivity index (χ1n) is 15.7. The normalized spacial score (nSPS) is 16.1. The zero-order valence-corrected chi connectivity index (χ0v) is 27.3. The SMILES string of the molecule is C[C@@H](O)[C@H](NC(=O)[C@H](CCCN)NC(=O)[C@H](CCN)NC(=O)[C@@H](NC(=O)[C@@H](Cc1ccccc1)NC(=O)[C@@H](N)CCN)[C@@H](C)O)C(=O)O. The van der Waals surface area contributed by atoms with Crippen molar-refractivity contribution in [3.05, 3.63) is 35.9 Å². The molecule has 16 N–H and O–H groups in total. The molecule has 0 saturated carbocycles. The highest BCUT2D eigenvalue weighted by Gasteiger charge is 2.34. The van der Waals surface area contributed by atoms with Crippen molar-refractivity contribution in [1.82, 2.24) is 26.6 Å². The minimum atomic E-state index is -1.66. The van der Waals surface area contributed by atoms with E-state index < -0.39 is 84.0 Å². The molecule has 48 heavy (non-hydrogen) atoms. The van der Waals surface area contributed by atoms with E-state index in [4.69, 9.17) is 22.9 Å². The molecule has 0 saturated heterocycles. The largest absolute Gasteiger partial charge is 0.480 e. The first kappa shape index (κ1) is 41.8. The second kappa shape index (κ2) is 21.6. The number of nitrogens with one attached hydrogen (secondary N) is 5. The van der Waals surface area contributed by atoms with Crippen LogP contribution in [0, 0.1) is 0 Å². The first-order chi connectivity index (χ1) is 22.7. The fourth-order valence-corrected chi connectivity index (χ4v) is 4.51. The van der Waals surface area contributed by atoms with Crippen LogP contribution in [-0.4, -0.2) is 119 Å². The van der Waals surface area contributed by atoms with E-state index in [2.05, 4.69) is 26.6 Å². The Kier molecular flexibility index (Phi) is 18.8. The lowest BCUT2D eigenvalue weighted by Gasteiger charge is -2.28. The van der Waals surface area contributed by atoms with E-state index in [1.807, 2.05) is 0 Å². The molecule has 18 nitrogen and oxygen atoms in total. The molecular formula is C30H51N9O9. The van der Waals surface area contributed by atoms with Crippen molar-refractivity contribution in [1.29, 1.82) is 0 Å². The third-order valence-electron chi connectivity index (χ3n) is 7.26. The molecule has 18 heteroatoms. The quantitative estimate of drug-likeness (QED) is 0.0548. The highest BCUT2D eigenvalue weighted by atomic mass is 16.4. The van der Waals surface area contributed by atoms with Gasteiger partial charge in [-0.1, -0.05) is 30.3 Å². The van der Waals surface area contributed by atoms with Gasteiger partial charge in [0.15, 0.2) is 6.04 Å². The molecule has 1 aromatic rings. The zero-order chi connectivity index (χ0) is 36.4. The highest BCUT2D eigenvalue weighted by molar-refractivity contribution is 5.96. The molecule has 1 aromatic carbocycles. The van der Waals surface area contributed by atoms with Gasteiger partial charge in [0.05, 0.1) is 18.2 Å². The van der Waals surface area contributed by atoms with E-state index >= 15 is 0 Å². The summed E-state index contributed by atoms with van der Waals surface area (Å²) >= 11 is 0. The third-order valence-corrected chi connectivity index (χ3v) is 7.26. The molecule has 0 bridgehead atoms. The second-order valence-electron chi connectivity index (χ2n) is 11.4. The van der Waals surface area contributed by atoms with E-state index in [9.17, 15) is 44.1 Å². The lowest BCUT2D eigenvalue weighted by Crippen LogP contribution is -2.62. The van der Waals surface area contributed by atoms with Crippen molar-refractivity contribution in [2.75, 3.05) is 19.6 Å². The summed E-state index contributed by atoms with van der Waals surface area (Å²) in [7, 11) is 0. The number of benzene rings is 1. The van der Waals surface area contributed by atoms with Crippen LogP contribution in [-0.2, 0) is 35.2 Å². The van der Waals surface area contributed by atoms with Gasteiger partial charge in [-0.25, -0.2) is 4.79 Å². The minimum Gasteiger partial charge on any atom is -0.480 e. The Morgan fingerprint density at radius 3 is 1.62 bits per heavy atom. The molecule has 0 aliphatic heterocycles. The number of amides is 5. The summed E-state index contributed by atoms with van der Waals surface area (Å²) in [4.78, 5) is 77.1. The van der Waals surface area contributed by atoms with Crippen molar-refractivity contribution in [3.8, 4) is 0 Å². The van der Waals surface area contributed by atoms with Crippen molar-refractivity contribution in [2.24, 2.45) is 22.9 Å². The summed E-state index contributed by atoms with van der Waals surface area (Å²) in [5.74, 6) is -5.71. The molecular weight excluding hydrogens is 630 g/mol. The summed E-state index contributed by atoms with van der Waals surface area (Å²) in [6, 6.07) is 0.604. The van der Waals surface area contributed by atoms with E-state index in [0.717, 1.165) is 0 Å². The maximum Gasteiger partial charge on any atom is 0.328 e. The van der Waals surface area contributed by atoms with Crippen LogP contribution in [0.1, 0.15) is 45.1 Å². The molecule has 270 valence electrons. The molecule has 0 unspecified atom stereocenters. The Balaban J connectivity index is 3.17. The van der Waals surface area contributed by atoms with Gasteiger partial charge in [0.1, 0.15) is 24.2 Å². The van der Waals surface area contributed by atoms with Gasteiger partial charge in [0.2, 0.25) is 29.5 Å². The van der Waals surface area contributed by atoms with Gasteiger partial charge in [0, 0.05) is 6.42 Å². The Morgan fingerprint density at radius 1 is 0.625 bits per heavy atom. The van der Waals surface area contributed by atoms with Crippen LogP contribution in [0.3, 0.4) is 0 Å². The molecule has 0 aliphatic carbocycles. The maximum absolute atomic E-state index is 13.4. The Morgan fingerprint density at radius 2 is 1.10 bits per heavy atom. The van der Waals surface area contributed by atoms with Crippen molar-refractivity contribution < 1.29 is 44.1 Å². The van der Waals surface area contributed by atoms with E-state index in [-0.39, 0.29) is 51.7 Å². The first-order valence-corrected chi connectivity index (χ1v) is 15.7. The summed E-state index contributed by atoms with van der Waals surface area (Å²) < 4.78 is 0. The summed E-state index contributed by atoms with van der Waals surface area (Å²) in [6.07, 6.45) is -2.61. The van der Waals surface area contributed by atoms with Gasteiger partial charge in [-0.2, -0.15) is 0 Å². The number of aliphatic hydroxyl groups is 2. The number of aliphatic carboxylic acids is 1. The monoisotopic (exact) mass is 681 g/mol. The average Bonchev–Trinajstić information content (AvgIpc) is 3.03. The predicted octanol–water partition coefficient (Wildman–Crippen LogP) is -4.74. The molecule has 1 rings (SSSR count). The third kappa shape index (κ3) is 14.3. The summed E-state index contributed by atoms with van der Waals surface area (Å²) in [5, 5.41) is 41.6. The number of carboxylic acids is 1. The molecule has 0 radical (unpaired) electrons.